The minimum atomic E-state index is -2.55. The van der Waals surface area contributed by atoms with Gasteiger partial charge in [0.15, 0.2) is 18.0 Å². The zero-order valence-electron chi connectivity index (χ0n) is 19.5. The molecule has 5 rings (SSSR count). The smallest absolute Gasteiger partial charge is 0.424 e. The van der Waals surface area contributed by atoms with Gasteiger partial charge in [0.2, 0.25) is 5.60 Å². The molecule has 3 aromatic heterocycles. The Balaban J connectivity index is 1.25. The van der Waals surface area contributed by atoms with Gasteiger partial charge < -0.3 is 24.7 Å². The number of nitrogen functional groups attached to an aromatic ring is 1. The number of anilines is 1. The summed E-state index contributed by atoms with van der Waals surface area (Å²) in [5.74, 6) is 0.192. The van der Waals surface area contributed by atoms with E-state index in [1.54, 1.807) is 31.6 Å². The Labute approximate surface area is 211 Å². The number of carbonyl (C=O) groups is 1. The van der Waals surface area contributed by atoms with Crippen LogP contribution in [0.5, 0.6) is 0 Å². The number of nitriles is 1. The van der Waals surface area contributed by atoms with Gasteiger partial charge in [-0.05, 0) is 29.8 Å². The van der Waals surface area contributed by atoms with Gasteiger partial charge in [0.05, 0.1) is 11.8 Å². The monoisotopic (exact) mass is 529 g/mol. The number of methoxy groups -OCH3 is 1. The Bertz CT molecular complexity index is 1350. The molecule has 15 heteroatoms. The van der Waals surface area contributed by atoms with Crippen LogP contribution in [0.2, 0.25) is 0 Å². The van der Waals surface area contributed by atoms with Crippen LogP contribution in [-0.2, 0) is 38.2 Å². The molecule has 192 valence electrons. The summed E-state index contributed by atoms with van der Waals surface area (Å²) in [6.07, 6.45) is 0.620. The van der Waals surface area contributed by atoms with Crippen molar-refractivity contribution in [1.82, 2.24) is 19.6 Å². The summed E-state index contributed by atoms with van der Waals surface area (Å²) in [6.45, 7) is -0.208. The molecule has 2 aliphatic heterocycles. The van der Waals surface area contributed by atoms with Gasteiger partial charge in [-0.15, -0.1) is 9.05 Å². The Hall–Kier alpha value is -3.73. The SMILES string of the molecule is CO[C@@H](CCO[P+](=O)OC[C@H]1O[C@@](C#N)(c2ccc3c(N)ncnn23)[C@@H]2OC(=O)O[C@@H]21)c1ccncc1. The standard InChI is InChI=1S/C22H22N6O8P/c1-31-15(13-4-7-25-8-5-13)6-9-32-37(30)33-10-16-18-19(35-21(29)34-18)22(11-23,36-16)17-3-2-14-20(24)26-12-27-28(14)17/h2-5,7-8,12,15-16,18-19H,6,9-10H2,1H3,(H2,24,26,27)/q+1/t15-,16+,18+,19+,22-/m0/s1. The first kappa shape index (κ1) is 24.9. The van der Waals surface area contributed by atoms with E-state index in [4.69, 9.17) is 33.7 Å². The molecular weight excluding hydrogens is 507 g/mol. The van der Waals surface area contributed by atoms with Crippen LogP contribution in [0.15, 0.2) is 43.0 Å². The van der Waals surface area contributed by atoms with Crippen molar-refractivity contribution in [3.8, 4) is 6.07 Å². The molecule has 3 aromatic rings. The van der Waals surface area contributed by atoms with Crippen molar-refractivity contribution in [2.45, 2.75) is 36.4 Å². The lowest BCUT2D eigenvalue weighted by Crippen LogP contribution is -2.39. The Morgan fingerprint density at radius 1 is 1.27 bits per heavy atom. The van der Waals surface area contributed by atoms with Crippen LogP contribution >= 0.6 is 8.25 Å². The fraction of sp³-hybridized carbons (Fsp3) is 0.409. The van der Waals surface area contributed by atoms with Gasteiger partial charge in [-0.25, -0.2) is 14.3 Å². The van der Waals surface area contributed by atoms with Crippen LogP contribution in [0, 0.1) is 11.3 Å². The second-order valence-corrected chi connectivity index (χ2v) is 9.15. The van der Waals surface area contributed by atoms with E-state index in [0.717, 1.165) is 5.56 Å². The molecule has 0 bridgehead atoms. The molecule has 0 aromatic carbocycles. The molecule has 14 nitrogen and oxygen atoms in total. The summed E-state index contributed by atoms with van der Waals surface area (Å²) >= 11 is 0. The molecule has 0 spiro atoms. The number of rotatable bonds is 10. The molecule has 0 radical (unpaired) electrons. The first-order valence-electron chi connectivity index (χ1n) is 11.2. The maximum Gasteiger partial charge on any atom is 0.697 e. The highest BCUT2D eigenvalue weighted by atomic mass is 31.1. The van der Waals surface area contributed by atoms with Crippen molar-refractivity contribution in [2.75, 3.05) is 26.1 Å². The molecule has 2 aliphatic rings. The Morgan fingerprint density at radius 2 is 2.08 bits per heavy atom. The topological polar surface area (TPSA) is 182 Å². The van der Waals surface area contributed by atoms with E-state index in [0.29, 0.717) is 11.9 Å². The van der Waals surface area contributed by atoms with Crippen molar-refractivity contribution in [2.24, 2.45) is 0 Å². The lowest BCUT2D eigenvalue weighted by atomic mass is 9.92. The van der Waals surface area contributed by atoms with Crippen LogP contribution in [0.3, 0.4) is 0 Å². The third-order valence-corrected chi connectivity index (χ3v) is 6.92. The highest BCUT2D eigenvalue weighted by Gasteiger charge is 2.66. The van der Waals surface area contributed by atoms with Crippen LogP contribution < -0.4 is 5.73 Å². The number of nitrogens with zero attached hydrogens (tertiary/aromatic N) is 5. The minimum Gasteiger partial charge on any atom is -0.424 e. The number of ether oxygens (including phenoxy) is 4. The molecule has 0 amide bonds. The zero-order chi connectivity index (χ0) is 26.0. The van der Waals surface area contributed by atoms with Crippen LogP contribution in [-0.4, -0.2) is 64.4 Å². The number of hydrogen-bond acceptors (Lipinski definition) is 13. The second-order valence-electron chi connectivity index (χ2n) is 8.18. The van der Waals surface area contributed by atoms with Crippen molar-refractivity contribution < 1.29 is 37.4 Å². The largest absolute Gasteiger partial charge is 0.697 e. The maximum absolute atomic E-state index is 12.4. The van der Waals surface area contributed by atoms with Crippen molar-refractivity contribution in [3.05, 3.63) is 54.2 Å². The van der Waals surface area contributed by atoms with Gasteiger partial charge >= 0.3 is 14.4 Å². The van der Waals surface area contributed by atoms with E-state index in [9.17, 15) is 14.6 Å². The summed E-state index contributed by atoms with van der Waals surface area (Å²) in [7, 11) is -0.982. The zero-order valence-corrected chi connectivity index (χ0v) is 20.4. The number of nitrogens with two attached hydrogens (primary N) is 1. The molecule has 37 heavy (non-hydrogen) atoms. The molecule has 0 aliphatic carbocycles. The fourth-order valence-corrected chi connectivity index (χ4v) is 5.05. The third kappa shape index (κ3) is 4.59. The average molecular weight is 529 g/mol. The Morgan fingerprint density at radius 3 is 2.84 bits per heavy atom. The molecule has 1 unspecified atom stereocenters. The second kappa shape index (κ2) is 10.3. The van der Waals surface area contributed by atoms with Crippen LogP contribution in [0.25, 0.3) is 5.52 Å². The lowest BCUT2D eigenvalue weighted by Gasteiger charge is -2.24. The average Bonchev–Trinajstić information content (AvgIpc) is 3.59. The van der Waals surface area contributed by atoms with E-state index in [2.05, 4.69) is 21.1 Å². The summed E-state index contributed by atoms with van der Waals surface area (Å²) in [5, 5.41) is 14.3. The van der Waals surface area contributed by atoms with Crippen molar-refractivity contribution in [1.29, 1.82) is 5.26 Å². The molecular formula is C22H22N6O8P+. The first-order valence-corrected chi connectivity index (χ1v) is 12.3. The summed E-state index contributed by atoms with van der Waals surface area (Å²) < 4.78 is 46.5. The number of hydrogen-bond donors (Lipinski definition) is 1. The van der Waals surface area contributed by atoms with Gasteiger partial charge in [-0.1, -0.05) is 0 Å². The third-order valence-electron chi connectivity index (χ3n) is 6.17. The van der Waals surface area contributed by atoms with Gasteiger partial charge in [0.25, 0.3) is 0 Å². The van der Waals surface area contributed by atoms with Gasteiger partial charge in [0.1, 0.15) is 37.2 Å². The number of carbonyl (C=O) groups excluding carboxylic acids is 1. The molecule has 0 saturated carbocycles. The van der Waals surface area contributed by atoms with E-state index < -0.39 is 38.3 Å². The fourth-order valence-electron chi connectivity index (χ4n) is 4.45. The molecule has 5 heterocycles. The summed E-state index contributed by atoms with van der Waals surface area (Å²) in [4.78, 5) is 19.9. The predicted octanol–water partition coefficient (Wildman–Crippen LogP) is 2.20. The van der Waals surface area contributed by atoms with E-state index in [1.165, 1.54) is 10.8 Å². The molecule has 2 N–H and O–H groups in total. The van der Waals surface area contributed by atoms with Gasteiger partial charge in [-0.2, -0.15) is 10.4 Å². The molecule has 2 fully saturated rings. The van der Waals surface area contributed by atoms with Crippen molar-refractivity contribution in [3.63, 3.8) is 0 Å². The maximum atomic E-state index is 12.4. The van der Waals surface area contributed by atoms with E-state index >= 15 is 0 Å². The van der Waals surface area contributed by atoms with Crippen LogP contribution in [0.4, 0.5) is 10.6 Å². The number of fused-ring (bicyclic) bond motifs is 2. The van der Waals surface area contributed by atoms with Gasteiger partial charge in [0, 0.05) is 30.5 Å². The molecule has 6 atom stereocenters. The van der Waals surface area contributed by atoms with Gasteiger partial charge in [-0.3, -0.25) is 4.98 Å². The predicted molar refractivity (Wildman–Crippen MR) is 123 cm³/mol. The van der Waals surface area contributed by atoms with E-state index in [1.807, 2.05) is 12.1 Å². The first-order chi connectivity index (χ1) is 18.0. The summed E-state index contributed by atoms with van der Waals surface area (Å²) in [6, 6.07) is 8.92. The number of aromatic nitrogens is 4. The Kier molecular flexibility index (Phi) is 6.96. The van der Waals surface area contributed by atoms with Crippen LogP contribution in [0.1, 0.15) is 23.8 Å². The molecule has 2 saturated heterocycles. The number of pyridine rings is 1. The highest BCUT2D eigenvalue weighted by Crippen LogP contribution is 2.46. The lowest BCUT2D eigenvalue weighted by molar-refractivity contribution is -0.0792. The minimum absolute atomic E-state index is 0.0884. The summed E-state index contributed by atoms with van der Waals surface area (Å²) in [5.41, 5.74) is 5.72. The van der Waals surface area contributed by atoms with Crippen molar-refractivity contribution >= 4 is 25.7 Å². The van der Waals surface area contributed by atoms with E-state index in [-0.39, 0.29) is 30.8 Å². The normalized spacial score (nSPS) is 25.8. The highest BCUT2D eigenvalue weighted by molar-refractivity contribution is 7.33. The quantitative estimate of drug-likeness (QED) is 0.298.